The molecule has 1 amide bonds. The van der Waals surface area contributed by atoms with E-state index in [2.05, 4.69) is 34.1 Å². The van der Waals surface area contributed by atoms with Crippen molar-refractivity contribution in [3.8, 4) is 0 Å². The summed E-state index contributed by atoms with van der Waals surface area (Å²) in [5.41, 5.74) is 1.97. The highest BCUT2D eigenvalue weighted by molar-refractivity contribution is 7.98. The number of pyridine rings is 1. The normalized spacial score (nSPS) is 17.1. The molecule has 0 N–H and O–H groups in total. The molecule has 5 heteroatoms. The molecule has 1 fully saturated rings. The van der Waals surface area contributed by atoms with E-state index in [-0.39, 0.29) is 5.91 Å². The molecule has 1 aliphatic rings. The minimum absolute atomic E-state index is 0.0608. The van der Waals surface area contributed by atoms with Crippen molar-refractivity contribution in [2.24, 2.45) is 5.92 Å². The number of carbonyl (C=O) groups is 1. The number of rotatable bonds is 5. The molecule has 126 valence electrons. The van der Waals surface area contributed by atoms with E-state index in [0.29, 0.717) is 11.5 Å². The lowest BCUT2D eigenvalue weighted by Crippen LogP contribution is -2.33. The van der Waals surface area contributed by atoms with Crippen LogP contribution in [0.3, 0.4) is 0 Å². The van der Waals surface area contributed by atoms with Gasteiger partial charge in [0, 0.05) is 38.6 Å². The van der Waals surface area contributed by atoms with Crippen LogP contribution in [0.15, 0.2) is 53.7 Å². The van der Waals surface area contributed by atoms with Crippen molar-refractivity contribution in [1.29, 1.82) is 0 Å². The number of thioether (sulfide) groups is 1. The van der Waals surface area contributed by atoms with Crippen LogP contribution in [0.1, 0.15) is 16.8 Å². The summed E-state index contributed by atoms with van der Waals surface area (Å²) in [5.74, 6) is 0.569. The molecule has 1 atom stereocenters. The highest BCUT2D eigenvalue weighted by Crippen LogP contribution is 2.25. The van der Waals surface area contributed by atoms with Gasteiger partial charge in [0.1, 0.15) is 5.03 Å². The number of carbonyl (C=O) groups excluding carboxylic acids is 1. The van der Waals surface area contributed by atoms with Crippen LogP contribution < -0.4 is 4.90 Å². The molecule has 4 nitrogen and oxygen atoms in total. The van der Waals surface area contributed by atoms with Crippen LogP contribution in [0.25, 0.3) is 0 Å². The molecule has 24 heavy (non-hydrogen) atoms. The number of aromatic nitrogens is 1. The van der Waals surface area contributed by atoms with Crippen molar-refractivity contribution >= 4 is 23.4 Å². The maximum absolute atomic E-state index is 12.7. The average Bonchev–Trinajstić information content (AvgIpc) is 3.10. The molecule has 3 rings (SSSR count). The highest BCUT2D eigenvalue weighted by Gasteiger charge is 2.26. The summed E-state index contributed by atoms with van der Waals surface area (Å²) < 4.78 is 0. The van der Waals surface area contributed by atoms with Crippen molar-refractivity contribution in [3.05, 3.63) is 54.2 Å². The second-order valence-corrected chi connectivity index (χ2v) is 6.98. The zero-order valence-corrected chi connectivity index (χ0v) is 15.0. The Kier molecular flexibility index (Phi) is 5.41. The van der Waals surface area contributed by atoms with Gasteiger partial charge in [0.05, 0.1) is 5.56 Å². The summed E-state index contributed by atoms with van der Waals surface area (Å²) in [6.07, 6.45) is 4.81. The quantitative estimate of drug-likeness (QED) is 0.781. The zero-order chi connectivity index (χ0) is 16.9. The molecule has 1 aromatic heterocycles. The van der Waals surface area contributed by atoms with Gasteiger partial charge in [0.25, 0.3) is 5.91 Å². The Morgan fingerprint density at radius 2 is 2.08 bits per heavy atom. The topological polar surface area (TPSA) is 36.4 Å². The second kappa shape index (κ2) is 7.71. The van der Waals surface area contributed by atoms with E-state index in [1.807, 2.05) is 36.4 Å². The predicted molar refractivity (Wildman–Crippen MR) is 99.7 cm³/mol. The molecule has 1 aromatic carbocycles. The molecular weight excluding hydrogens is 318 g/mol. The van der Waals surface area contributed by atoms with Gasteiger partial charge in [0.2, 0.25) is 0 Å². The zero-order valence-electron chi connectivity index (χ0n) is 14.2. The van der Waals surface area contributed by atoms with E-state index >= 15 is 0 Å². The molecule has 2 heterocycles. The van der Waals surface area contributed by atoms with E-state index in [4.69, 9.17) is 0 Å². The van der Waals surface area contributed by atoms with Gasteiger partial charge in [-0.15, -0.1) is 11.8 Å². The third-order valence-corrected chi connectivity index (χ3v) is 5.19. The summed E-state index contributed by atoms with van der Waals surface area (Å²) in [4.78, 5) is 21.3. The molecule has 0 spiro atoms. The van der Waals surface area contributed by atoms with Crippen LogP contribution in [0.4, 0.5) is 5.69 Å². The molecular formula is C19H23N3OS. The van der Waals surface area contributed by atoms with E-state index in [1.54, 1.807) is 6.20 Å². The standard InChI is InChI=1S/C19H23N3OS/c1-21(19(23)17-9-6-11-20-18(17)24-2)13-15-10-12-22(14-15)16-7-4-3-5-8-16/h3-9,11,15H,10,12-14H2,1-2H3/t15-/m1/s1. The molecule has 2 aromatic rings. The minimum Gasteiger partial charge on any atom is -0.371 e. The van der Waals surface area contributed by atoms with Crippen LogP contribution >= 0.6 is 11.8 Å². The molecule has 0 unspecified atom stereocenters. The van der Waals surface area contributed by atoms with E-state index in [0.717, 1.165) is 31.1 Å². The lowest BCUT2D eigenvalue weighted by atomic mass is 10.1. The largest absolute Gasteiger partial charge is 0.371 e. The molecule has 0 saturated carbocycles. The van der Waals surface area contributed by atoms with Crippen LogP contribution in [0.5, 0.6) is 0 Å². The lowest BCUT2D eigenvalue weighted by Gasteiger charge is -2.23. The maximum Gasteiger partial charge on any atom is 0.256 e. The van der Waals surface area contributed by atoms with Crippen molar-refractivity contribution < 1.29 is 4.79 Å². The fourth-order valence-corrected chi connectivity index (χ4v) is 3.79. The monoisotopic (exact) mass is 341 g/mol. The summed E-state index contributed by atoms with van der Waals surface area (Å²) >= 11 is 1.51. The first-order chi connectivity index (χ1) is 11.7. The van der Waals surface area contributed by atoms with Crippen LogP contribution in [0, 0.1) is 5.92 Å². The fourth-order valence-electron chi connectivity index (χ4n) is 3.25. The highest BCUT2D eigenvalue weighted by atomic mass is 32.2. The van der Waals surface area contributed by atoms with Crippen LogP contribution in [-0.4, -0.2) is 48.7 Å². The Morgan fingerprint density at radius 3 is 2.83 bits per heavy atom. The number of amides is 1. The van der Waals surface area contributed by atoms with Gasteiger partial charge >= 0.3 is 0 Å². The molecule has 0 bridgehead atoms. The fraction of sp³-hybridized carbons (Fsp3) is 0.368. The molecule has 1 saturated heterocycles. The summed E-state index contributed by atoms with van der Waals surface area (Å²) in [7, 11) is 1.89. The Labute approximate surface area is 147 Å². The predicted octanol–water partition coefficient (Wildman–Crippen LogP) is 3.40. The van der Waals surface area contributed by atoms with E-state index in [9.17, 15) is 4.79 Å². The summed E-state index contributed by atoms with van der Waals surface area (Å²) in [5, 5.41) is 0.798. The third-order valence-electron chi connectivity index (χ3n) is 4.48. The van der Waals surface area contributed by atoms with Gasteiger partial charge < -0.3 is 9.80 Å². The first-order valence-electron chi connectivity index (χ1n) is 8.23. The van der Waals surface area contributed by atoms with Crippen molar-refractivity contribution in [2.45, 2.75) is 11.4 Å². The van der Waals surface area contributed by atoms with Crippen LogP contribution in [0.2, 0.25) is 0 Å². The van der Waals surface area contributed by atoms with Gasteiger partial charge in [-0.2, -0.15) is 0 Å². The van der Waals surface area contributed by atoms with Gasteiger partial charge in [0.15, 0.2) is 0 Å². The first kappa shape index (κ1) is 16.8. The molecule has 0 radical (unpaired) electrons. The number of hydrogen-bond donors (Lipinski definition) is 0. The number of anilines is 1. The number of para-hydroxylation sites is 1. The Hall–Kier alpha value is -2.01. The van der Waals surface area contributed by atoms with Crippen molar-refractivity contribution in [2.75, 3.05) is 37.8 Å². The van der Waals surface area contributed by atoms with Crippen molar-refractivity contribution in [1.82, 2.24) is 9.88 Å². The minimum atomic E-state index is 0.0608. The lowest BCUT2D eigenvalue weighted by molar-refractivity contribution is 0.0772. The van der Waals surface area contributed by atoms with Crippen LogP contribution in [-0.2, 0) is 0 Å². The maximum atomic E-state index is 12.7. The second-order valence-electron chi connectivity index (χ2n) is 6.18. The molecule has 1 aliphatic heterocycles. The number of hydrogen-bond acceptors (Lipinski definition) is 4. The Bertz CT molecular complexity index is 692. The number of nitrogens with zero attached hydrogens (tertiary/aromatic N) is 3. The van der Waals surface area contributed by atoms with Gasteiger partial charge in [-0.3, -0.25) is 4.79 Å². The van der Waals surface area contributed by atoms with Gasteiger partial charge in [-0.25, -0.2) is 4.98 Å². The summed E-state index contributed by atoms with van der Waals surface area (Å²) in [6, 6.07) is 14.2. The SMILES string of the molecule is CSc1ncccc1C(=O)N(C)C[C@H]1CCN(c2ccccc2)C1. The van der Waals surface area contributed by atoms with E-state index < -0.39 is 0 Å². The summed E-state index contributed by atoms with van der Waals surface area (Å²) in [6.45, 7) is 2.84. The average molecular weight is 341 g/mol. The number of benzene rings is 1. The van der Waals surface area contributed by atoms with E-state index in [1.165, 1.54) is 17.4 Å². The Morgan fingerprint density at radius 1 is 1.29 bits per heavy atom. The van der Waals surface area contributed by atoms with Gasteiger partial charge in [-0.1, -0.05) is 18.2 Å². The Balaban J connectivity index is 1.61. The van der Waals surface area contributed by atoms with Gasteiger partial charge in [-0.05, 0) is 42.9 Å². The molecule has 0 aliphatic carbocycles. The smallest absolute Gasteiger partial charge is 0.256 e. The first-order valence-corrected chi connectivity index (χ1v) is 9.46. The van der Waals surface area contributed by atoms with Crippen molar-refractivity contribution in [3.63, 3.8) is 0 Å². The third kappa shape index (κ3) is 3.73.